The first-order valence-electron chi connectivity index (χ1n) is 6.28. The highest BCUT2D eigenvalue weighted by molar-refractivity contribution is 5.57. The van der Waals surface area contributed by atoms with Crippen LogP contribution in [-0.4, -0.2) is 17.0 Å². The van der Waals surface area contributed by atoms with E-state index in [9.17, 15) is 4.39 Å². The molecule has 1 aromatic heterocycles. The monoisotopic (exact) mass is 275 g/mol. The fraction of sp³-hybridized carbons (Fsp3) is 0.286. The van der Waals surface area contributed by atoms with Crippen molar-refractivity contribution in [3.63, 3.8) is 0 Å². The number of anilines is 2. The molecule has 0 saturated heterocycles. The molecule has 0 amide bonds. The predicted molar refractivity (Wildman–Crippen MR) is 77.8 cm³/mol. The standard InChI is InChI=1S/C14H18FN5/c1-9-13(19-16)17-10(2)18-14(9)20(3)8-11-4-6-12(15)7-5-11/h4-7H,8,16H2,1-3H3,(H,17,18,19). The average molecular weight is 275 g/mol. The Morgan fingerprint density at radius 2 is 1.85 bits per heavy atom. The molecule has 0 bridgehead atoms. The molecule has 0 aliphatic heterocycles. The number of nitrogens with one attached hydrogen (secondary N) is 1. The van der Waals surface area contributed by atoms with Crippen molar-refractivity contribution >= 4 is 11.6 Å². The third kappa shape index (κ3) is 3.03. The van der Waals surface area contributed by atoms with Crippen LogP contribution in [0.3, 0.4) is 0 Å². The minimum absolute atomic E-state index is 0.236. The maximum Gasteiger partial charge on any atom is 0.148 e. The van der Waals surface area contributed by atoms with Crippen LogP contribution in [-0.2, 0) is 6.54 Å². The number of hydrazine groups is 1. The summed E-state index contributed by atoms with van der Waals surface area (Å²) in [6.45, 7) is 4.35. The molecule has 2 aromatic rings. The highest BCUT2D eigenvalue weighted by atomic mass is 19.1. The van der Waals surface area contributed by atoms with Gasteiger partial charge in [-0.3, -0.25) is 0 Å². The third-order valence-electron chi connectivity index (χ3n) is 3.06. The van der Waals surface area contributed by atoms with Crippen molar-refractivity contribution in [3.05, 3.63) is 47.0 Å². The molecule has 0 atom stereocenters. The van der Waals surface area contributed by atoms with E-state index in [1.807, 2.05) is 25.8 Å². The molecule has 20 heavy (non-hydrogen) atoms. The Morgan fingerprint density at radius 1 is 1.20 bits per heavy atom. The van der Waals surface area contributed by atoms with E-state index in [0.29, 0.717) is 18.2 Å². The molecule has 3 N–H and O–H groups in total. The lowest BCUT2D eigenvalue weighted by atomic mass is 10.2. The van der Waals surface area contributed by atoms with Gasteiger partial charge in [0, 0.05) is 19.2 Å². The summed E-state index contributed by atoms with van der Waals surface area (Å²) in [4.78, 5) is 10.7. The van der Waals surface area contributed by atoms with Crippen LogP contribution >= 0.6 is 0 Å². The minimum atomic E-state index is -0.236. The molecule has 0 spiro atoms. The molecule has 0 aliphatic carbocycles. The minimum Gasteiger partial charge on any atom is -0.355 e. The lowest BCUT2D eigenvalue weighted by Gasteiger charge is -2.21. The molecule has 5 nitrogen and oxygen atoms in total. The van der Waals surface area contributed by atoms with Crippen LogP contribution in [0.2, 0.25) is 0 Å². The van der Waals surface area contributed by atoms with Crippen LogP contribution in [0, 0.1) is 19.7 Å². The first-order chi connectivity index (χ1) is 9.51. The van der Waals surface area contributed by atoms with Gasteiger partial charge in [-0.1, -0.05) is 12.1 Å². The Labute approximate surface area is 117 Å². The van der Waals surface area contributed by atoms with Gasteiger partial charge >= 0.3 is 0 Å². The normalized spacial score (nSPS) is 10.4. The number of nitrogens with two attached hydrogens (primary N) is 1. The van der Waals surface area contributed by atoms with Gasteiger partial charge in [-0.15, -0.1) is 0 Å². The maximum absolute atomic E-state index is 12.9. The molecule has 1 aromatic carbocycles. The van der Waals surface area contributed by atoms with Gasteiger partial charge in [0.05, 0.1) is 0 Å². The zero-order valence-electron chi connectivity index (χ0n) is 11.8. The topological polar surface area (TPSA) is 67.1 Å². The van der Waals surface area contributed by atoms with Gasteiger partial charge in [-0.25, -0.2) is 20.2 Å². The van der Waals surface area contributed by atoms with Crippen molar-refractivity contribution in [2.24, 2.45) is 5.84 Å². The van der Waals surface area contributed by atoms with Crippen molar-refractivity contribution in [2.45, 2.75) is 20.4 Å². The second-order valence-corrected chi connectivity index (χ2v) is 4.69. The van der Waals surface area contributed by atoms with Gasteiger partial charge in [0.15, 0.2) is 0 Å². The second-order valence-electron chi connectivity index (χ2n) is 4.69. The average Bonchev–Trinajstić information content (AvgIpc) is 2.43. The molecule has 0 fully saturated rings. The molecular formula is C14H18FN5. The van der Waals surface area contributed by atoms with Gasteiger partial charge in [-0.2, -0.15) is 0 Å². The lowest BCUT2D eigenvalue weighted by molar-refractivity contribution is 0.627. The van der Waals surface area contributed by atoms with E-state index < -0.39 is 0 Å². The summed E-state index contributed by atoms with van der Waals surface area (Å²) in [5, 5.41) is 0. The van der Waals surface area contributed by atoms with Crippen molar-refractivity contribution < 1.29 is 4.39 Å². The van der Waals surface area contributed by atoms with E-state index in [-0.39, 0.29) is 5.82 Å². The van der Waals surface area contributed by atoms with E-state index in [4.69, 9.17) is 5.84 Å². The van der Waals surface area contributed by atoms with Crippen molar-refractivity contribution in [1.82, 2.24) is 9.97 Å². The SMILES string of the molecule is Cc1nc(NN)c(C)c(N(C)Cc2ccc(F)cc2)n1. The second kappa shape index (κ2) is 5.83. The van der Waals surface area contributed by atoms with Gasteiger partial charge < -0.3 is 10.3 Å². The number of aromatic nitrogens is 2. The summed E-state index contributed by atoms with van der Waals surface area (Å²) in [7, 11) is 1.93. The first kappa shape index (κ1) is 14.2. The highest BCUT2D eigenvalue weighted by Crippen LogP contribution is 2.23. The highest BCUT2D eigenvalue weighted by Gasteiger charge is 2.12. The predicted octanol–water partition coefficient (Wildman–Crippen LogP) is 2.15. The Balaban J connectivity index is 2.26. The van der Waals surface area contributed by atoms with Crippen molar-refractivity contribution in [1.29, 1.82) is 0 Å². The number of benzene rings is 1. The number of hydrogen-bond acceptors (Lipinski definition) is 5. The number of aryl methyl sites for hydroxylation is 1. The first-order valence-corrected chi connectivity index (χ1v) is 6.28. The molecule has 6 heteroatoms. The van der Waals surface area contributed by atoms with Crippen LogP contribution in [0.5, 0.6) is 0 Å². The summed E-state index contributed by atoms with van der Waals surface area (Å²) in [6, 6.07) is 6.43. The van der Waals surface area contributed by atoms with Crippen LogP contribution in [0.15, 0.2) is 24.3 Å². The smallest absolute Gasteiger partial charge is 0.148 e. The van der Waals surface area contributed by atoms with Crippen LogP contribution in [0.4, 0.5) is 16.0 Å². The molecule has 0 saturated carbocycles. The van der Waals surface area contributed by atoms with Gasteiger partial charge in [0.2, 0.25) is 0 Å². The maximum atomic E-state index is 12.9. The molecule has 2 rings (SSSR count). The summed E-state index contributed by atoms with van der Waals surface area (Å²) in [5.41, 5.74) is 4.46. The van der Waals surface area contributed by atoms with Gasteiger partial charge in [0.1, 0.15) is 23.3 Å². The largest absolute Gasteiger partial charge is 0.355 e. The number of nitrogens with zero attached hydrogens (tertiary/aromatic N) is 3. The fourth-order valence-electron chi connectivity index (χ4n) is 2.06. The summed E-state index contributed by atoms with van der Waals surface area (Å²) >= 11 is 0. The number of halogens is 1. The van der Waals surface area contributed by atoms with Crippen LogP contribution in [0.1, 0.15) is 17.0 Å². The fourth-order valence-corrected chi connectivity index (χ4v) is 2.06. The number of rotatable bonds is 4. The molecule has 0 aliphatic rings. The van der Waals surface area contributed by atoms with E-state index in [2.05, 4.69) is 15.4 Å². The van der Waals surface area contributed by atoms with Crippen LogP contribution in [0.25, 0.3) is 0 Å². The summed E-state index contributed by atoms with van der Waals surface area (Å²) in [5.74, 6) is 7.27. The van der Waals surface area contributed by atoms with Gasteiger partial charge in [0.25, 0.3) is 0 Å². The zero-order valence-corrected chi connectivity index (χ0v) is 11.8. The molecule has 106 valence electrons. The number of nitrogen functional groups attached to an aromatic ring is 1. The lowest BCUT2D eigenvalue weighted by Crippen LogP contribution is -2.21. The molecular weight excluding hydrogens is 257 g/mol. The number of hydrogen-bond donors (Lipinski definition) is 2. The van der Waals surface area contributed by atoms with E-state index >= 15 is 0 Å². The van der Waals surface area contributed by atoms with Gasteiger partial charge in [-0.05, 0) is 31.5 Å². The Bertz CT molecular complexity index is 597. The van der Waals surface area contributed by atoms with Crippen molar-refractivity contribution in [2.75, 3.05) is 17.4 Å². The van der Waals surface area contributed by atoms with E-state index in [1.165, 1.54) is 12.1 Å². The van der Waals surface area contributed by atoms with E-state index in [0.717, 1.165) is 16.9 Å². The molecule has 1 heterocycles. The third-order valence-corrected chi connectivity index (χ3v) is 3.06. The quantitative estimate of drug-likeness (QED) is 0.661. The Kier molecular flexibility index (Phi) is 4.14. The van der Waals surface area contributed by atoms with Crippen molar-refractivity contribution in [3.8, 4) is 0 Å². The summed E-state index contributed by atoms with van der Waals surface area (Å²) in [6.07, 6.45) is 0. The molecule has 0 unspecified atom stereocenters. The van der Waals surface area contributed by atoms with E-state index in [1.54, 1.807) is 12.1 Å². The summed E-state index contributed by atoms with van der Waals surface area (Å²) < 4.78 is 12.9. The van der Waals surface area contributed by atoms with Crippen LogP contribution < -0.4 is 16.2 Å². The zero-order chi connectivity index (χ0) is 14.7. The Morgan fingerprint density at radius 3 is 2.45 bits per heavy atom. The molecule has 0 radical (unpaired) electrons. The Hall–Kier alpha value is -2.21.